The van der Waals surface area contributed by atoms with Crippen molar-refractivity contribution in [3.8, 4) is 5.75 Å². The monoisotopic (exact) mass is 469 g/mol. The topological polar surface area (TPSA) is 55.8 Å². The Kier molecular flexibility index (Phi) is 9.46. The Morgan fingerprint density at radius 1 is 0.903 bits per heavy atom. The van der Waals surface area contributed by atoms with Crippen molar-refractivity contribution < 1.29 is 41.0 Å². The first-order valence-corrected chi connectivity index (χ1v) is 13.5. The van der Waals surface area contributed by atoms with Crippen LogP contribution in [-0.4, -0.2) is 44.7 Å². The number of halogens is 5. The number of ether oxygens (including phenoxy) is 2. The third kappa shape index (κ3) is 7.48. The predicted molar refractivity (Wildman–Crippen MR) is 107 cm³/mol. The summed E-state index contributed by atoms with van der Waals surface area (Å²) in [4.78, 5) is 25.8. The Bertz CT molecular complexity index is 785. The summed E-state index contributed by atoms with van der Waals surface area (Å²) in [6.07, 6.45) is -0.407. The lowest BCUT2D eigenvalue weighted by atomic mass is 10.0. The predicted octanol–water partition coefficient (Wildman–Crippen LogP) is 5.50. The standard InChI is InChI=1S/C20H28F5NO4Si/c1-11(2)7-8-12(26(3)20(28)29-9-10-31(4,5)6)19(27)30-18-16(24)14(22)13(21)15(23)17(18)25/h11-12H,7-10H2,1-6H3/t12-/m0/s1. The first kappa shape index (κ1) is 26.9. The number of amides is 1. The van der Waals surface area contributed by atoms with Crippen LogP contribution in [0.15, 0.2) is 0 Å². The number of hydrogen-bond donors (Lipinski definition) is 0. The molecule has 0 saturated carbocycles. The summed E-state index contributed by atoms with van der Waals surface area (Å²) >= 11 is 0. The van der Waals surface area contributed by atoms with Gasteiger partial charge in [0.2, 0.25) is 34.8 Å². The summed E-state index contributed by atoms with van der Waals surface area (Å²) in [5.41, 5.74) is 0. The average molecular weight is 470 g/mol. The van der Waals surface area contributed by atoms with Gasteiger partial charge >= 0.3 is 12.1 Å². The highest BCUT2D eigenvalue weighted by atomic mass is 28.3. The second kappa shape index (κ2) is 10.9. The summed E-state index contributed by atoms with van der Waals surface area (Å²) in [6, 6.07) is -0.671. The SMILES string of the molecule is CC(C)CC[C@@H](C(=O)Oc1c(F)c(F)c(F)c(F)c1F)N(C)C(=O)OCC[Si](C)(C)C. The molecule has 0 aliphatic carbocycles. The van der Waals surface area contributed by atoms with Gasteiger partial charge in [-0.2, -0.15) is 8.78 Å². The van der Waals surface area contributed by atoms with Gasteiger partial charge in [0.15, 0.2) is 0 Å². The fraction of sp³-hybridized carbons (Fsp3) is 0.600. The van der Waals surface area contributed by atoms with Crippen LogP contribution in [0.2, 0.25) is 25.7 Å². The van der Waals surface area contributed by atoms with E-state index in [1.807, 2.05) is 13.8 Å². The van der Waals surface area contributed by atoms with Crippen molar-refractivity contribution in [2.24, 2.45) is 5.92 Å². The van der Waals surface area contributed by atoms with Crippen LogP contribution >= 0.6 is 0 Å². The zero-order chi connectivity index (χ0) is 24.1. The van der Waals surface area contributed by atoms with Gasteiger partial charge in [-0.3, -0.25) is 4.90 Å². The molecular formula is C20H28F5NO4Si. The highest BCUT2D eigenvalue weighted by Crippen LogP contribution is 2.30. The maximum Gasteiger partial charge on any atom is 0.410 e. The third-order valence-corrected chi connectivity index (χ3v) is 6.20. The lowest BCUT2D eigenvalue weighted by Crippen LogP contribution is -2.45. The molecule has 0 radical (unpaired) electrons. The van der Waals surface area contributed by atoms with Gasteiger partial charge in [0, 0.05) is 15.1 Å². The van der Waals surface area contributed by atoms with E-state index in [1.54, 1.807) is 0 Å². The summed E-state index contributed by atoms with van der Waals surface area (Å²) in [5, 5.41) is 0. The number of benzene rings is 1. The molecule has 1 rings (SSSR count). The van der Waals surface area contributed by atoms with E-state index in [0.717, 1.165) is 4.90 Å². The Morgan fingerprint density at radius 3 is 1.84 bits per heavy atom. The molecule has 0 saturated heterocycles. The molecule has 0 aliphatic rings. The van der Waals surface area contributed by atoms with Crippen molar-refractivity contribution in [1.82, 2.24) is 4.90 Å². The Hall–Kier alpha value is -2.17. The van der Waals surface area contributed by atoms with Crippen molar-refractivity contribution in [3.05, 3.63) is 29.1 Å². The molecule has 5 nitrogen and oxygen atoms in total. The Balaban J connectivity index is 3.08. The van der Waals surface area contributed by atoms with Crippen molar-refractivity contribution in [2.75, 3.05) is 13.7 Å². The number of nitrogens with zero attached hydrogens (tertiary/aromatic N) is 1. The van der Waals surface area contributed by atoms with E-state index in [0.29, 0.717) is 12.5 Å². The maximum atomic E-state index is 13.9. The molecule has 0 N–H and O–H groups in total. The van der Waals surface area contributed by atoms with Gasteiger partial charge in [-0.05, 0) is 24.8 Å². The van der Waals surface area contributed by atoms with Crippen molar-refractivity contribution in [1.29, 1.82) is 0 Å². The van der Waals surface area contributed by atoms with Crippen molar-refractivity contribution >= 4 is 20.1 Å². The van der Waals surface area contributed by atoms with E-state index in [1.165, 1.54) is 7.05 Å². The van der Waals surface area contributed by atoms with Gasteiger partial charge in [-0.1, -0.05) is 33.5 Å². The molecule has 1 atom stereocenters. The van der Waals surface area contributed by atoms with Crippen molar-refractivity contribution in [3.63, 3.8) is 0 Å². The molecule has 1 amide bonds. The van der Waals surface area contributed by atoms with Crippen molar-refractivity contribution in [2.45, 2.75) is 58.4 Å². The summed E-state index contributed by atoms with van der Waals surface area (Å²) in [7, 11) is -0.252. The van der Waals surface area contributed by atoms with Crippen LogP contribution < -0.4 is 4.74 Å². The fourth-order valence-corrected chi connectivity index (χ4v) is 3.19. The number of carbonyl (C=O) groups excluding carboxylic acids is 2. The quantitative estimate of drug-likeness (QED) is 0.120. The minimum Gasteiger partial charge on any atom is -0.450 e. The summed E-state index contributed by atoms with van der Waals surface area (Å²) < 4.78 is 77.5. The van der Waals surface area contributed by atoms with Gasteiger partial charge in [0.25, 0.3) is 0 Å². The number of carbonyl (C=O) groups is 2. The zero-order valence-electron chi connectivity index (χ0n) is 18.5. The van der Waals surface area contributed by atoms with Gasteiger partial charge in [-0.15, -0.1) is 0 Å². The molecule has 176 valence electrons. The summed E-state index contributed by atoms with van der Waals surface area (Å²) in [6.45, 7) is 10.1. The van der Waals surface area contributed by atoms with E-state index < -0.39 is 61.0 Å². The van der Waals surface area contributed by atoms with Crippen LogP contribution in [0.5, 0.6) is 5.75 Å². The van der Waals surface area contributed by atoms with Crippen LogP contribution in [-0.2, 0) is 9.53 Å². The van der Waals surface area contributed by atoms with E-state index >= 15 is 0 Å². The number of hydrogen-bond acceptors (Lipinski definition) is 4. The van der Waals surface area contributed by atoms with Gasteiger partial charge in [0.1, 0.15) is 6.04 Å². The van der Waals surface area contributed by atoms with Crippen LogP contribution in [0.3, 0.4) is 0 Å². The molecule has 0 bridgehead atoms. The molecule has 0 aliphatic heterocycles. The fourth-order valence-electron chi connectivity index (χ4n) is 2.48. The van der Waals surface area contributed by atoms with Gasteiger partial charge in [-0.25, -0.2) is 22.8 Å². The lowest BCUT2D eigenvalue weighted by Gasteiger charge is -2.27. The van der Waals surface area contributed by atoms with Crippen LogP contribution in [0.1, 0.15) is 26.7 Å². The number of likely N-dealkylation sites (N-methyl/N-ethyl adjacent to an activating group) is 1. The smallest absolute Gasteiger partial charge is 0.410 e. The molecule has 0 aromatic heterocycles. The lowest BCUT2D eigenvalue weighted by molar-refractivity contribution is -0.140. The number of rotatable bonds is 9. The molecule has 31 heavy (non-hydrogen) atoms. The zero-order valence-corrected chi connectivity index (χ0v) is 19.5. The summed E-state index contributed by atoms with van der Waals surface area (Å²) in [5.74, 6) is -14.3. The molecule has 11 heteroatoms. The van der Waals surface area contributed by atoms with E-state index in [9.17, 15) is 31.5 Å². The van der Waals surface area contributed by atoms with Crippen LogP contribution in [0.25, 0.3) is 0 Å². The normalized spacial score (nSPS) is 12.6. The van der Waals surface area contributed by atoms with E-state index in [4.69, 9.17) is 4.74 Å². The first-order valence-electron chi connectivity index (χ1n) is 9.80. The molecule has 1 aromatic carbocycles. The highest BCUT2D eigenvalue weighted by molar-refractivity contribution is 6.76. The average Bonchev–Trinajstić information content (AvgIpc) is 2.66. The van der Waals surface area contributed by atoms with Crippen LogP contribution in [0, 0.1) is 35.0 Å². The van der Waals surface area contributed by atoms with Crippen LogP contribution in [0.4, 0.5) is 26.7 Å². The molecule has 0 unspecified atom stereocenters. The largest absolute Gasteiger partial charge is 0.450 e. The highest BCUT2D eigenvalue weighted by Gasteiger charge is 2.34. The Morgan fingerprint density at radius 2 is 1.39 bits per heavy atom. The third-order valence-electron chi connectivity index (χ3n) is 4.49. The first-order chi connectivity index (χ1) is 14.2. The van der Waals surface area contributed by atoms with E-state index in [-0.39, 0.29) is 18.9 Å². The van der Waals surface area contributed by atoms with Gasteiger partial charge in [0.05, 0.1) is 6.61 Å². The second-order valence-corrected chi connectivity index (χ2v) is 14.5. The minimum absolute atomic E-state index is 0.0333. The Labute approximate surface area is 179 Å². The van der Waals surface area contributed by atoms with E-state index in [2.05, 4.69) is 24.4 Å². The molecule has 0 heterocycles. The molecule has 0 fully saturated rings. The molecule has 0 spiro atoms. The second-order valence-electron chi connectivity index (χ2n) is 8.84. The minimum atomic E-state index is -2.37. The van der Waals surface area contributed by atoms with Gasteiger partial charge < -0.3 is 9.47 Å². The molecule has 1 aromatic rings. The number of esters is 1. The molecular weight excluding hydrogens is 441 g/mol. The maximum absolute atomic E-state index is 13.9.